The SMILES string of the molecule is O=C1CCC(N2C(=O)c3cc(F)c(N4CCC(CNC(=O)C5CCC5)CC4)cc3C2=O)C(=O)N1. The molecule has 9 nitrogen and oxygen atoms in total. The Bertz CT molecular complexity index is 1080. The summed E-state index contributed by atoms with van der Waals surface area (Å²) in [4.78, 5) is 64.3. The molecule has 0 spiro atoms. The maximum absolute atomic E-state index is 15.0. The van der Waals surface area contributed by atoms with Crippen molar-refractivity contribution in [2.24, 2.45) is 11.8 Å². The van der Waals surface area contributed by atoms with Crippen LogP contribution in [0.25, 0.3) is 0 Å². The Hall–Kier alpha value is -3.30. The zero-order valence-corrected chi connectivity index (χ0v) is 18.8. The van der Waals surface area contributed by atoms with Crippen molar-refractivity contribution in [2.45, 2.75) is 51.0 Å². The molecule has 1 atom stereocenters. The van der Waals surface area contributed by atoms with Crippen LogP contribution in [0.5, 0.6) is 0 Å². The van der Waals surface area contributed by atoms with Crippen molar-refractivity contribution in [3.63, 3.8) is 0 Å². The number of carbonyl (C=O) groups excluding carboxylic acids is 5. The molecule has 2 saturated heterocycles. The van der Waals surface area contributed by atoms with Crippen LogP contribution in [-0.4, -0.2) is 60.1 Å². The van der Waals surface area contributed by atoms with Gasteiger partial charge in [0.25, 0.3) is 11.8 Å². The average Bonchev–Trinajstić information content (AvgIpc) is 3.00. The van der Waals surface area contributed by atoms with E-state index in [-0.39, 0.29) is 41.5 Å². The summed E-state index contributed by atoms with van der Waals surface area (Å²) in [5.41, 5.74) is 0.257. The fourth-order valence-corrected chi connectivity index (χ4v) is 5.16. The molecule has 1 aromatic rings. The number of hydrogen-bond donors (Lipinski definition) is 2. The summed E-state index contributed by atoms with van der Waals surface area (Å²) in [6.45, 7) is 1.75. The molecular formula is C24H27FN4O5. The fourth-order valence-electron chi connectivity index (χ4n) is 5.16. The molecule has 0 radical (unpaired) electrons. The first-order chi connectivity index (χ1) is 16.3. The summed E-state index contributed by atoms with van der Waals surface area (Å²) in [7, 11) is 0. The predicted octanol–water partition coefficient (Wildman–Crippen LogP) is 1.36. The van der Waals surface area contributed by atoms with Gasteiger partial charge in [0.1, 0.15) is 11.9 Å². The number of halogens is 1. The summed E-state index contributed by atoms with van der Waals surface area (Å²) in [6.07, 6.45) is 4.67. The fraction of sp³-hybridized carbons (Fsp3) is 0.542. The van der Waals surface area contributed by atoms with E-state index in [1.807, 2.05) is 4.90 Å². The first kappa shape index (κ1) is 22.5. The highest BCUT2D eigenvalue weighted by Gasteiger charge is 2.45. The van der Waals surface area contributed by atoms with Gasteiger partial charge in [0.05, 0.1) is 16.8 Å². The quantitative estimate of drug-likeness (QED) is 0.628. The third-order valence-corrected chi connectivity index (χ3v) is 7.50. The summed E-state index contributed by atoms with van der Waals surface area (Å²) < 4.78 is 15.0. The lowest BCUT2D eigenvalue weighted by molar-refractivity contribution is -0.136. The Morgan fingerprint density at radius 1 is 1.00 bits per heavy atom. The number of carbonyl (C=O) groups is 5. The maximum Gasteiger partial charge on any atom is 0.262 e. The Morgan fingerprint density at radius 3 is 2.29 bits per heavy atom. The van der Waals surface area contributed by atoms with Gasteiger partial charge in [-0.2, -0.15) is 0 Å². The zero-order valence-electron chi connectivity index (χ0n) is 18.8. The number of anilines is 1. The summed E-state index contributed by atoms with van der Waals surface area (Å²) in [6, 6.07) is 1.39. The normalized spacial score (nSPS) is 23.6. The third kappa shape index (κ3) is 3.95. The molecule has 3 aliphatic heterocycles. The largest absolute Gasteiger partial charge is 0.369 e. The van der Waals surface area contributed by atoms with Gasteiger partial charge in [0.15, 0.2) is 0 Å². The second-order valence-electron chi connectivity index (χ2n) is 9.60. The maximum atomic E-state index is 15.0. The van der Waals surface area contributed by atoms with Crippen LogP contribution in [0, 0.1) is 17.7 Å². The van der Waals surface area contributed by atoms with E-state index in [1.54, 1.807) is 0 Å². The van der Waals surface area contributed by atoms with Gasteiger partial charge in [-0.05, 0) is 50.2 Å². The number of nitrogens with one attached hydrogen (secondary N) is 2. The van der Waals surface area contributed by atoms with Gasteiger partial charge in [-0.3, -0.25) is 34.2 Å². The number of amides is 5. The lowest BCUT2D eigenvalue weighted by atomic mass is 9.84. The number of hydrogen-bond acceptors (Lipinski definition) is 6. The van der Waals surface area contributed by atoms with Crippen LogP contribution in [0.15, 0.2) is 12.1 Å². The molecule has 180 valence electrons. The molecule has 10 heteroatoms. The van der Waals surface area contributed by atoms with Crippen LogP contribution < -0.4 is 15.5 Å². The minimum absolute atomic E-state index is 0.0273. The summed E-state index contributed by atoms with van der Waals surface area (Å²) in [5, 5.41) is 5.18. The van der Waals surface area contributed by atoms with Crippen molar-refractivity contribution in [1.29, 1.82) is 0 Å². The minimum atomic E-state index is -1.08. The Labute approximate surface area is 196 Å². The second-order valence-corrected chi connectivity index (χ2v) is 9.60. The molecule has 5 amide bonds. The molecule has 1 saturated carbocycles. The van der Waals surface area contributed by atoms with Crippen LogP contribution in [-0.2, 0) is 14.4 Å². The van der Waals surface area contributed by atoms with E-state index in [4.69, 9.17) is 0 Å². The van der Waals surface area contributed by atoms with Crippen molar-refractivity contribution in [1.82, 2.24) is 15.5 Å². The molecule has 1 aliphatic carbocycles. The van der Waals surface area contributed by atoms with Crippen LogP contribution in [0.1, 0.15) is 65.7 Å². The van der Waals surface area contributed by atoms with E-state index in [9.17, 15) is 24.0 Å². The van der Waals surface area contributed by atoms with Gasteiger partial charge in [-0.15, -0.1) is 0 Å². The van der Waals surface area contributed by atoms with Crippen molar-refractivity contribution in [3.8, 4) is 0 Å². The first-order valence-electron chi connectivity index (χ1n) is 11.9. The van der Waals surface area contributed by atoms with Crippen LogP contribution in [0.4, 0.5) is 10.1 Å². The molecule has 3 fully saturated rings. The highest BCUT2D eigenvalue weighted by Crippen LogP contribution is 2.34. The molecule has 2 N–H and O–H groups in total. The van der Waals surface area contributed by atoms with Gasteiger partial charge < -0.3 is 10.2 Å². The third-order valence-electron chi connectivity index (χ3n) is 7.50. The minimum Gasteiger partial charge on any atom is -0.369 e. The predicted molar refractivity (Wildman–Crippen MR) is 118 cm³/mol. The van der Waals surface area contributed by atoms with E-state index in [2.05, 4.69) is 10.6 Å². The number of piperidine rings is 2. The van der Waals surface area contributed by atoms with Gasteiger partial charge in [0.2, 0.25) is 17.7 Å². The van der Waals surface area contributed by atoms with Crippen molar-refractivity contribution in [2.75, 3.05) is 24.5 Å². The van der Waals surface area contributed by atoms with E-state index < -0.39 is 35.5 Å². The van der Waals surface area contributed by atoms with Gasteiger partial charge in [-0.25, -0.2) is 4.39 Å². The van der Waals surface area contributed by atoms with Crippen molar-refractivity contribution >= 4 is 35.2 Å². The lowest BCUT2D eigenvalue weighted by Crippen LogP contribution is -2.54. The van der Waals surface area contributed by atoms with E-state index >= 15 is 4.39 Å². The highest BCUT2D eigenvalue weighted by atomic mass is 19.1. The standard InChI is InChI=1S/C24H27FN4O5/c25-17-10-15-16(24(34)29(23(15)33)18-4-5-20(30)27-22(18)32)11-19(17)28-8-6-13(7-9-28)12-26-21(31)14-2-1-3-14/h10-11,13-14,18H,1-9,12H2,(H,26,31)(H,27,30,32). The van der Waals surface area contributed by atoms with Crippen molar-refractivity contribution < 1.29 is 28.4 Å². The second kappa shape index (κ2) is 8.81. The monoisotopic (exact) mass is 470 g/mol. The van der Waals surface area contributed by atoms with E-state index in [0.717, 1.165) is 43.1 Å². The molecule has 0 bridgehead atoms. The summed E-state index contributed by atoms with van der Waals surface area (Å²) >= 11 is 0. The highest BCUT2D eigenvalue weighted by molar-refractivity contribution is 6.23. The molecule has 4 aliphatic rings. The molecule has 0 aromatic heterocycles. The molecule has 1 unspecified atom stereocenters. The first-order valence-corrected chi connectivity index (χ1v) is 11.9. The Kier molecular flexibility index (Phi) is 5.83. The van der Waals surface area contributed by atoms with Crippen LogP contribution >= 0.6 is 0 Å². The van der Waals surface area contributed by atoms with E-state index in [0.29, 0.717) is 25.6 Å². The van der Waals surface area contributed by atoms with Gasteiger partial charge in [0, 0.05) is 32.0 Å². The lowest BCUT2D eigenvalue weighted by Gasteiger charge is -2.34. The summed E-state index contributed by atoms with van der Waals surface area (Å²) in [5.74, 6) is -2.52. The Balaban J connectivity index is 1.25. The van der Waals surface area contributed by atoms with Crippen molar-refractivity contribution in [3.05, 3.63) is 29.1 Å². The smallest absolute Gasteiger partial charge is 0.262 e. The van der Waals surface area contributed by atoms with E-state index in [1.165, 1.54) is 6.07 Å². The number of rotatable bonds is 5. The number of nitrogens with zero attached hydrogens (tertiary/aromatic N) is 2. The van der Waals surface area contributed by atoms with Crippen LogP contribution in [0.2, 0.25) is 0 Å². The van der Waals surface area contributed by atoms with Gasteiger partial charge in [-0.1, -0.05) is 6.42 Å². The zero-order chi connectivity index (χ0) is 24.0. The molecular weight excluding hydrogens is 443 g/mol. The number of imide groups is 2. The number of fused-ring (bicyclic) bond motifs is 1. The topological polar surface area (TPSA) is 116 Å². The Morgan fingerprint density at radius 2 is 1.68 bits per heavy atom. The average molecular weight is 471 g/mol. The molecule has 34 heavy (non-hydrogen) atoms. The number of benzene rings is 1. The molecule has 1 aromatic carbocycles. The van der Waals surface area contributed by atoms with Crippen LogP contribution in [0.3, 0.4) is 0 Å². The molecule has 3 heterocycles. The molecule has 5 rings (SSSR count). The van der Waals surface area contributed by atoms with Gasteiger partial charge >= 0.3 is 0 Å².